The first-order valence-corrected chi connectivity index (χ1v) is 3.45. The Morgan fingerprint density at radius 1 is 1.50 bits per heavy atom. The topological polar surface area (TPSA) is 58.5 Å². The quantitative estimate of drug-likeness (QED) is 0.539. The van der Waals surface area contributed by atoms with Crippen molar-refractivity contribution in [2.24, 2.45) is 5.18 Å². The van der Waals surface area contributed by atoms with Gasteiger partial charge in [0.2, 0.25) is 5.91 Å². The molecular weight excluding hydrogens is 132 g/mol. The fourth-order valence-electron chi connectivity index (χ4n) is 1.02. The maximum Gasteiger partial charge on any atom is 0.248 e. The summed E-state index contributed by atoms with van der Waals surface area (Å²) >= 11 is 0. The van der Waals surface area contributed by atoms with Crippen molar-refractivity contribution < 1.29 is 4.79 Å². The Bertz CT molecular complexity index is 147. The van der Waals surface area contributed by atoms with Crippen LogP contribution in [0.1, 0.15) is 19.3 Å². The van der Waals surface area contributed by atoms with Gasteiger partial charge in [-0.2, -0.15) is 0 Å². The summed E-state index contributed by atoms with van der Waals surface area (Å²) in [5.41, 5.74) is 0. The van der Waals surface area contributed by atoms with Crippen molar-refractivity contribution in [1.29, 1.82) is 0 Å². The zero-order valence-electron chi connectivity index (χ0n) is 5.67. The summed E-state index contributed by atoms with van der Waals surface area (Å²) in [7, 11) is 0. The van der Waals surface area contributed by atoms with Gasteiger partial charge in [0, 0.05) is 6.54 Å². The van der Waals surface area contributed by atoms with E-state index >= 15 is 0 Å². The van der Waals surface area contributed by atoms with E-state index in [4.69, 9.17) is 0 Å². The lowest BCUT2D eigenvalue weighted by Gasteiger charge is -2.01. The number of nitrogens with zero attached hydrogens (tertiary/aromatic N) is 1. The Labute approximate surface area is 59.0 Å². The van der Waals surface area contributed by atoms with Gasteiger partial charge < -0.3 is 5.32 Å². The Morgan fingerprint density at radius 3 is 3.00 bits per heavy atom. The van der Waals surface area contributed by atoms with E-state index in [9.17, 15) is 9.70 Å². The summed E-state index contributed by atoms with van der Waals surface area (Å²) < 4.78 is 0. The molecule has 0 spiro atoms. The molecule has 0 aliphatic carbocycles. The van der Waals surface area contributed by atoms with Crippen molar-refractivity contribution in [3.8, 4) is 0 Å². The molecule has 1 aliphatic heterocycles. The SMILES string of the molecule is O=NC1CCCCNC1=O. The Kier molecular flexibility index (Phi) is 2.36. The first kappa shape index (κ1) is 7.18. The van der Waals surface area contributed by atoms with Gasteiger partial charge in [0.05, 0.1) is 0 Å². The zero-order valence-corrected chi connectivity index (χ0v) is 5.67. The number of hydrogen-bond acceptors (Lipinski definition) is 3. The van der Waals surface area contributed by atoms with E-state index in [-0.39, 0.29) is 5.91 Å². The van der Waals surface area contributed by atoms with Gasteiger partial charge in [0.15, 0.2) is 6.04 Å². The van der Waals surface area contributed by atoms with Crippen LogP contribution in [-0.2, 0) is 4.79 Å². The van der Waals surface area contributed by atoms with Crippen LogP contribution >= 0.6 is 0 Å². The molecule has 0 aromatic heterocycles. The van der Waals surface area contributed by atoms with Gasteiger partial charge in [-0.25, -0.2) is 0 Å². The Hall–Kier alpha value is -0.930. The van der Waals surface area contributed by atoms with E-state index < -0.39 is 6.04 Å². The largest absolute Gasteiger partial charge is 0.354 e. The molecule has 0 radical (unpaired) electrons. The van der Waals surface area contributed by atoms with Crippen LogP contribution in [0.2, 0.25) is 0 Å². The third kappa shape index (κ3) is 1.52. The summed E-state index contributed by atoms with van der Waals surface area (Å²) in [5.74, 6) is -0.215. The maximum atomic E-state index is 10.8. The highest BCUT2D eigenvalue weighted by molar-refractivity contribution is 5.81. The van der Waals surface area contributed by atoms with E-state index in [0.717, 1.165) is 12.8 Å². The first-order chi connectivity index (χ1) is 4.84. The third-order valence-corrected chi connectivity index (χ3v) is 1.63. The lowest BCUT2D eigenvalue weighted by atomic mass is 10.1. The van der Waals surface area contributed by atoms with Crippen molar-refractivity contribution >= 4 is 5.91 Å². The predicted molar refractivity (Wildman–Crippen MR) is 36.4 cm³/mol. The lowest BCUT2D eigenvalue weighted by Crippen LogP contribution is -2.31. The molecule has 0 aromatic carbocycles. The minimum atomic E-state index is -0.637. The molecule has 4 heteroatoms. The van der Waals surface area contributed by atoms with Crippen molar-refractivity contribution in [1.82, 2.24) is 5.32 Å². The van der Waals surface area contributed by atoms with Crippen LogP contribution < -0.4 is 5.32 Å². The fraction of sp³-hybridized carbons (Fsp3) is 0.833. The number of carbonyl (C=O) groups is 1. The van der Waals surface area contributed by atoms with Gasteiger partial charge in [-0.15, -0.1) is 4.91 Å². The van der Waals surface area contributed by atoms with Gasteiger partial charge in [0.25, 0.3) is 0 Å². The van der Waals surface area contributed by atoms with E-state index in [1.165, 1.54) is 0 Å². The lowest BCUT2D eigenvalue weighted by molar-refractivity contribution is -0.121. The standard InChI is InChI=1S/C6H10N2O2/c9-6-5(8-10)3-1-2-4-7-6/h5H,1-4H2,(H,7,9). The molecule has 4 nitrogen and oxygen atoms in total. The molecular formula is C6H10N2O2. The van der Waals surface area contributed by atoms with Crippen LogP contribution in [0.25, 0.3) is 0 Å². The van der Waals surface area contributed by atoms with Gasteiger partial charge in [0.1, 0.15) is 0 Å². The van der Waals surface area contributed by atoms with Gasteiger partial charge in [-0.1, -0.05) is 5.18 Å². The summed E-state index contributed by atoms with van der Waals surface area (Å²) in [6.45, 7) is 0.685. The Balaban J connectivity index is 2.51. The maximum absolute atomic E-state index is 10.8. The van der Waals surface area contributed by atoms with Gasteiger partial charge in [-0.05, 0) is 19.3 Å². The Morgan fingerprint density at radius 2 is 2.30 bits per heavy atom. The fourth-order valence-corrected chi connectivity index (χ4v) is 1.02. The highest BCUT2D eigenvalue weighted by Crippen LogP contribution is 2.07. The molecule has 1 atom stereocenters. The molecule has 0 saturated carbocycles. The van der Waals surface area contributed by atoms with Crippen molar-refractivity contribution in [3.63, 3.8) is 0 Å². The average molecular weight is 142 g/mol. The number of nitrogens with one attached hydrogen (secondary N) is 1. The number of nitroso groups, excluding NO2 is 1. The second kappa shape index (κ2) is 3.29. The molecule has 0 bridgehead atoms. The molecule has 0 aromatic rings. The van der Waals surface area contributed by atoms with Crippen LogP contribution in [0.3, 0.4) is 0 Å². The molecule has 56 valence electrons. The summed E-state index contributed by atoms with van der Waals surface area (Å²) in [5, 5.41) is 5.34. The second-order valence-electron chi connectivity index (χ2n) is 2.41. The molecule has 1 heterocycles. The summed E-state index contributed by atoms with van der Waals surface area (Å²) in [6, 6.07) is -0.637. The highest BCUT2D eigenvalue weighted by Gasteiger charge is 2.20. The first-order valence-electron chi connectivity index (χ1n) is 3.45. The normalized spacial score (nSPS) is 26.8. The monoisotopic (exact) mass is 142 g/mol. The molecule has 1 unspecified atom stereocenters. The smallest absolute Gasteiger partial charge is 0.248 e. The van der Waals surface area contributed by atoms with Crippen LogP contribution in [0.5, 0.6) is 0 Å². The van der Waals surface area contributed by atoms with Crippen molar-refractivity contribution in [2.45, 2.75) is 25.3 Å². The summed E-state index contributed by atoms with van der Waals surface area (Å²) in [4.78, 5) is 20.9. The van der Waals surface area contributed by atoms with E-state index in [2.05, 4.69) is 10.5 Å². The number of rotatable bonds is 1. The van der Waals surface area contributed by atoms with E-state index in [0.29, 0.717) is 13.0 Å². The van der Waals surface area contributed by atoms with Crippen molar-refractivity contribution in [3.05, 3.63) is 4.91 Å². The third-order valence-electron chi connectivity index (χ3n) is 1.63. The molecule has 10 heavy (non-hydrogen) atoms. The average Bonchev–Trinajstić information content (AvgIpc) is 2.13. The molecule has 1 amide bonds. The molecule has 1 N–H and O–H groups in total. The molecule has 1 aliphatic rings. The minimum absolute atomic E-state index is 0.215. The predicted octanol–water partition coefficient (Wildman–Crippen LogP) is 0.422. The van der Waals surface area contributed by atoms with Crippen LogP contribution in [0.15, 0.2) is 5.18 Å². The molecule has 1 rings (SSSR count). The highest BCUT2D eigenvalue weighted by atomic mass is 16.3. The number of amides is 1. The van der Waals surface area contributed by atoms with Crippen LogP contribution in [0.4, 0.5) is 0 Å². The van der Waals surface area contributed by atoms with E-state index in [1.54, 1.807) is 0 Å². The van der Waals surface area contributed by atoms with Crippen molar-refractivity contribution in [2.75, 3.05) is 6.54 Å². The minimum Gasteiger partial charge on any atom is -0.354 e. The van der Waals surface area contributed by atoms with Gasteiger partial charge >= 0.3 is 0 Å². The number of hydrogen-bond donors (Lipinski definition) is 1. The van der Waals surface area contributed by atoms with Crippen LogP contribution in [0, 0.1) is 4.91 Å². The molecule has 1 fully saturated rings. The van der Waals surface area contributed by atoms with Gasteiger partial charge in [-0.3, -0.25) is 4.79 Å². The summed E-state index contributed by atoms with van der Waals surface area (Å²) in [6.07, 6.45) is 2.47. The second-order valence-corrected chi connectivity index (χ2v) is 2.41. The molecule has 1 saturated heterocycles. The van der Waals surface area contributed by atoms with E-state index in [1.807, 2.05) is 0 Å². The zero-order chi connectivity index (χ0) is 7.40. The van der Waals surface area contributed by atoms with Crippen LogP contribution in [-0.4, -0.2) is 18.5 Å². The number of carbonyl (C=O) groups excluding carboxylic acids is 1.